The first-order chi connectivity index (χ1) is 10.7. The predicted octanol–water partition coefficient (Wildman–Crippen LogP) is 5.47. The topological polar surface area (TPSA) is 45.9 Å². The Balaban J connectivity index is 1.90. The first kappa shape index (κ1) is 15.1. The van der Waals surface area contributed by atoms with Gasteiger partial charge in [-0.3, -0.25) is 0 Å². The third kappa shape index (κ3) is 3.00. The van der Waals surface area contributed by atoms with E-state index in [0.717, 1.165) is 35.4 Å². The second-order valence-electron chi connectivity index (χ2n) is 6.05. The fourth-order valence-electron chi connectivity index (χ4n) is 3.03. The second kappa shape index (κ2) is 6.50. The maximum Gasteiger partial charge on any atom is 0.218 e. The smallest absolute Gasteiger partial charge is 0.218 e. The molecule has 1 aromatic carbocycles. The number of ether oxygens (including phenoxy) is 1. The molecule has 3 nitrogen and oxygen atoms in total. The summed E-state index contributed by atoms with van der Waals surface area (Å²) in [5, 5.41) is 10.2. The van der Waals surface area contributed by atoms with E-state index >= 15 is 0 Å². The van der Waals surface area contributed by atoms with E-state index in [1.165, 1.54) is 30.8 Å². The van der Waals surface area contributed by atoms with E-state index in [-0.39, 0.29) is 0 Å². The van der Waals surface area contributed by atoms with Gasteiger partial charge in [-0.1, -0.05) is 31.4 Å². The van der Waals surface area contributed by atoms with Crippen molar-refractivity contribution >= 4 is 11.5 Å². The molecule has 1 aliphatic rings. The first-order valence-corrected chi connectivity index (χ1v) is 8.61. The van der Waals surface area contributed by atoms with Crippen LogP contribution >= 0.6 is 11.5 Å². The Morgan fingerprint density at radius 2 is 2.00 bits per heavy atom. The Hall–Kier alpha value is -1.86. The molecule has 22 heavy (non-hydrogen) atoms. The molecule has 0 atom stereocenters. The fourth-order valence-corrected chi connectivity index (χ4v) is 3.82. The van der Waals surface area contributed by atoms with Crippen molar-refractivity contribution in [1.29, 1.82) is 5.26 Å². The zero-order valence-electron chi connectivity index (χ0n) is 13.1. The molecular formula is C18H20N2OS. The Kier molecular flexibility index (Phi) is 4.44. The lowest BCUT2D eigenvalue weighted by Gasteiger charge is -2.19. The normalized spacial score (nSPS) is 15.5. The van der Waals surface area contributed by atoms with Crippen molar-refractivity contribution in [2.75, 3.05) is 0 Å². The average Bonchev–Trinajstić information content (AvgIpc) is 2.94. The largest absolute Gasteiger partial charge is 0.443 e. The molecule has 1 fully saturated rings. The molecule has 114 valence electrons. The lowest BCUT2D eigenvalue weighted by molar-refractivity contribution is 0.436. The maximum atomic E-state index is 9.56. The van der Waals surface area contributed by atoms with Crippen LogP contribution in [-0.4, -0.2) is 4.37 Å². The van der Waals surface area contributed by atoms with Crippen LogP contribution in [-0.2, 0) is 0 Å². The Bertz CT molecular complexity index is 708. The van der Waals surface area contributed by atoms with E-state index in [2.05, 4.69) is 16.5 Å². The summed E-state index contributed by atoms with van der Waals surface area (Å²) in [5.74, 6) is 1.24. The monoisotopic (exact) mass is 312 g/mol. The minimum Gasteiger partial charge on any atom is -0.443 e. The quantitative estimate of drug-likeness (QED) is 0.754. The van der Waals surface area contributed by atoms with Gasteiger partial charge in [-0.05, 0) is 43.9 Å². The second-order valence-corrected chi connectivity index (χ2v) is 6.78. The molecule has 1 saturated carbocycles. The standard InChI is InChI=1S/C18H20N2OS/c1-12-8-9-13(2)16(10-12)21-18-15(11-19)17(20-22-18)14-6-4-3-5-7-14/h8-10,14H,3-7H2,1-2H3. The molecule has 0 amide bonds. The molecule has 2 aromatic rings. The lowest BCUT2D eigenvalue weighted by atomic mass is 9.86. The molecule has 0 radical (unpaired) electrons. The van der Waals surface area contributed by atoms with Crippen molar-refractivity contribution in [3.05, 3.63) is 40.6 Å². The summed E-state index contributed by atoms with van der Waals surface area (Å²) in [6.07, 6.45) is 6.05. The highest BCUT2D eigenvalue weighted by molar-refractivity contribution is 7.08. The van der Waals surface area contributed by atoms with E-state index in [9.17, 15) is 5.26 Å². The molecule has 3 rings (SSSR count). The number of benzene rings is 1. The third-order valence-electron chi connectivity index (χ3n) is 4.34. The molecule has 0 N–H and O–H groups in total. The van der Waals surface area contributed by atoms with Crippen molar-refractivity contribution in [2.24, 2.45) is 0 Å². The van der Waals surface area contributed by atoms with Crippen molar-refractivity contribution in [3.8, 4) is 16.9 Å². The summed E-state index contributed by atoms with van der Waals surface area (Å²) < 4.78 is 10.6. The van der Waals surface area contributed by atoms with Crippen LogP contribution in [0.3, 0.4) is 0 Å². The van der Waals surface area contributed by atoms with Crippen LogP contribution in [0.15, 0.2) is 18.2 Å². The number of aromatic nitrogens is 1. The number of hydrogen-bond donors (Lipinski definition) is 0. The third-order valence-corrected chi connectivity index (χ3v) is 5.08. The Labute approximate surface area is 135 Å². The molecule has 1 heterocycles. The first-order valence-electron chi connectivity index (χ1n) is 7.84. The van der Waals surface area contributed by atoms with Gasteiger partial charge in [0, 0.05) is 17.5 Å². The molecule has 1 aliphatic carbocycles. The van der Waals surface area contributed by atoms with Gasteiger partial charge >= 0.3 is 0 Å². The van der Waals surface area contributed by atoms with E-state index in [1.807, 2.05) is 26.0 Å². The number of nitriles is 1. The van der Waals surface area contributed by atoms with Gasteiger partial charge < -0.3 is 4.74 Å². The summed E-state index contributed by atoms with van der Waals surface area (Å²) in [4.78, 5) is 0. The van der Waals surface area contributed by atoms with Gasteiger partial charge in [0.2, 0.25) is 5.06 Å². The molecule has 4 heteroatoms. The van der Waals surface area contributed by atoms with E-state index in [4.69, 9.17) is 4.74 Å². The zero-order valence-corrected chi connectivity index (χ0v) is 13.9. The predicted molar refractivity (Wildman–Crippen MR) is 88.6 cm³/mol. The summed E-state index contributed by atoms with van der Waals surface area (Å²) >= 11 is 1.31. The summed E-state index contributed by atoms with van der Waals surface area (Å²) in [5.41, 5.74) is 3.81. The average molecular weight is 312 g/mol. The lowest BCUT2D eigenvalue weighted by Crippen LogP contribution is -2.06. The van der Waals surface area contributed by atoms with Gasteiger partial charge in [0.25, 0.3) is 0 Å². The van der Waals surface area contributed by atoms with Crippen molar-refractivity contribution < 1.29 is 4.74 Å². The van der Waals surface area contributed by atoms with Crippen LogP contribution in [0, 0.1) is 25.2 Å². The molecule has 1 aromatic heterocycles. The molecule has 0 aliphatic heterocycles. The van der Waals surface area contributed by atoms with Gasteiger partial charge in [0.05, 0.1) is 5.69 Å². The van der Waals surface area contributed by atoms with E-state index in [0.29, 0.717) is 16.5 Å². The SMILES string of the molecule is Cc1ccc(C)c(Oc2snc(C3CCCCC3)c2C#N)c1. The minimum atomic E-state index is 0.426. The van der Waals surface area contributed by atoms with Gasteiger partial charge in [0.15, 0.2) is 0 Å². The zero-order chi connectivity index (χ0) is 15.5. The highest BCUT2D eigenvalue weighted by Crippen LogP contribution is 2.40. The molecule has 0 bridgehead atoms. The van der Waals surface area contributed by atoms with Crippen LogP contribution in [0.2, 0.25) is 0 Å². The van der Waals surface area contributed by atoms with E-state index < -0.39 is 0 Å². The maximum absolute atomic E-state index is 9.56. The van der Waals surface area contributed by atoms with Gasteiger partial charge in [-0.2, -0.15) is 9.64 Å². The van der Waals surface area contributed by atoms with Crippen molar-refractivity contribution in [2.45, 2.75) is 51.9 Å². The summed E-state index contributed by atoms with van der Waals surface area (Å²) in [6.45, 7) is 4.06. The van der Waals surface area contributed by atoms with Crippen LogP contribution < -0.4 is 4.74 Å². The Morgan fingerprint density at radius 3 is 2.73 bits per heavy atom. The van der Waals surface area contributed by atoms with E-state index in [1.54, 1.807) is 0 Å². The van der Waals surface area contributed by atoms with Crippen molar-refractivity contribution in [3.63, 3.8) is 0 Å². The molecule has 0 unspecified atom stereocenters. The van der Waals surface area contributed by atoms with Crippen LogP contribution in [0.25, 0.3) is 0 Å². The molecule has 0 saturated heterocycles. The molecule has 0 spiro atoms. The van der Waals surface area contributed by atoms with Crippen LogP contribution in [0.5, 0.6) is 10.8 Å². The summed E-state index contributed by atoms with van der Waals surface area (Å²) in [7, 11) is 0. The van der Waals surface area contributed by atoms with Crippen LogP contribution in [0.4, 0.5) is 0 Å². The highest BCUT2D eigenvalue weighted by atomic mass is 32.1. The fraction of sp³-hybridized carbons (Fsp3) is 0.444. The minimum absolute atomic E-state index is 0.426. The number of hydrogen-bond acceptors (Lipinski definition) is 4. The molecular weight excluding hydrogens is 292 g/mol. The number of aryl methyl sites for hydroxylation is 2. The van der Waals surface area contributed by atoms with Gasteiger partial charge in [-0.15, -0.1) is 0 Å². The highest BCUT2D eigenvalue weighted by Gasteiger charge is 2.25. The van der Waals surface area contributed by atoms with Crippen LogP contribution in [0.1, 0.15) is 60.4 Å². The Morgan fingerprint density at radius 1 is 1.23 bits per heavy atom. The van der Waals surface area contributed by atoms with Gasteiger partial charge in [0.1, 0.15) is 17.4 Å². The van der Waals surface area contributed by atoms with Crippen molar-refractivity contribution in [1.82, 2.24) is 4.37 Å². The number of rotatable bonds is 3. The van der Waals surface area contributed by atoms with Gasteiger partial charge in [-0.25, -0.2) is 0 Å². The number of nitrogens with zero attached hydrogens (tertiary/aromatic N) is 2. The summed E-state index contributed by atoms with van der Waals surface area (Å²) in [6, 6.07) is 8.43.